The maximum absolute atomic E-state index is 11.3. The van der Waals surface area contributed by atoms with Crippen LogP contribution in [0.5, 0.6) is 0 Å². The summed E-state index contributed by atoms with van der Waals surface area (Å²) in [5.41, 5.74) is -0.700. The maximum Gasteiger partial charge on any atom is 0.324 e. The third-order valence-corrected chi connectivity index (χ3v) is 3.15. The molecule has 0 saturated carbocycles. The summed E-state index contributed by atoms with van der Waals surface area (Å²) in [6.45, 7) is 6.31. The zero-order chi connectivity index (χ0) is 10.6. The fraction of sp³-hybridized carbons (Fsp3) is 0.900. The first-order valence-corrected chi connectivity index (χ1v) is 5.36. The second-order valence-electron chi connectivity index (χ2n) is 3.87. The van der Waals surface area contributed by atoms with Crippen LogP contribution in [-0.2, 0) is 4.79 Å². The molecule has 3 N–H and O–H groups in total. The molecule has 1 rings (SSSR count). The fourth-order valence-corrected chi connectivity index (χ4v) is 2.34. The number of piperidine rings is 1. The van der Waals surface area contributed by atoms with Crippen LogP contribution < -0.4 is 10.6 Å². The first-order chi connectivity index (χ1) is 6.67. The van der Waals surface area contributed by atoms with E-state index in [1.807, 2.05) is 13.8 Å². The Morgan fingerprint density at radius 3 is 2.86 bits per heavy atom. The molecule has 0 spiro atoms. The predicted octanol–water partition coefficient (Wildman–Crippen LogP) is 0.439. The number of likely N-dealkylation sites (N-methyl/N-ethyl adjacent to an activating group) is 1. The molecular weight excluding hydrogens is 180 g/mol. The summed E-state index contributed by atoms with van der Waals surface area (Å²) in [6, 6.07) is 0. The molecule has 2 unspecified atom stereocenters. The molecule has 0 amide bonds. The van der Waals surface area contributed by atoms with Crippen LogP contribution >= 0.6 is 0 Å². The van der Waals surface area contributed by atoms with E-state index < -0.39 is 11.5 Å². The highest BCUT2D eigenvalue weighted by atomic mass is 16.4. The molecule has 1 saturated heterocycles. The van der Waals surface area contributed by atoms with Gasteiger partial charge in [0.15, 0.2) is 0 Å². The Morgan fingerprint density at radius 2 is 2.36 bits per heavy atom. The smallest absolute Gasteiger partial charge is 0.324 e. The molecule has 1 heterocycles. The molecular formula is C10H20N2O2. The van der Waals surface area contributed by atoms with Gasteiger partial charge in [-0.3, -0.25) is 4.79 Å². The average Bonchev–Trinajstić information content (AvgIpc) is 2.18. The van der Waals surface area contributed by atoms with Crippen molar-refractivity contribution < 1.29 is 9.90 Å². The summed E-state index contributed by atoms with van der Waals surface area (Å²) in [6.07, 6.45) is 1.57. The number of carbonyl (C=O) groups is 1. The van der Waals surface area contributed by atoms with Gasteiger partial charge in [0, 0.05) is 12.5 Å². The van der Waals surface area contributed by atoms with Gasteiger partial charge in [-0.25, -0.2) is 0 Å². The first kappa shape index (κ1) is 11.5. The molecule has 1 fully saturated rings. The molecule has 1 aliphatic heterocycles. The maximum atomic E-state index is 11.3. The number of hydrogen-bond donors (Lipinski definition) is 3. The first-order valence-electron chi connectivity index (χ1n) is 5.36. The average molecular weight is 200 g/mol. The lowest BCUT2D eigenvalue weighted by atomic mass is 9.77. The third kappa shape index (κ3) is 1.91. The van der Waals surface area contributed by atoms with Gasteiger partial charge < -0.3 is 15.7 Å². The van der Waals surface area contributed by atoms with Crippen molar-refractivity contribution in [3.63, 3.8) is 0 Å². The van der Waals surface area contributed by atoms with Crippen LogP contribution in [0, 0.1) is 5.92 Å². The van der Waals surface area contributed by atoms with Gasteiger partial charge in [0.1, 0.15) is 5.54 Å². The summed E-state index contributed by atoms with van der Waals surface area (Å²) < 4.78 is 0. The van der Waals surface area contributed by atoms with Crippen molar-refractivity contribution in [2.24, 2.45) is 5.92 Å². The molecule has 82 valence electrons. The van der Waals surface area contributed by atoms with Crippen molar-refractivity contribution in [3.05, 3.63) is 0 Å². The largest absolute Gasteiger partial charge is 0.480 e. The van der Waals surface area contributed by atoms with E-state index >= 15 is 0 Å². The summed E-state index contributed by atoms with van der Waals surface area (Å²) >= 11 is 0. The number of aliphatic carboxylic acids is 1. The molecule has 0 aromatic rings. The molecule has 0 aromatic heterocycles. The zero-order valence-corrected chi connectivity index (χ0v) is 8.97. The molecule has 2 atom stereocenters. The minimum Gasteiger partial charge on any atom is -0.480 e. The van der Waals surface area contributed by atoms with E-state index in [9.17, 15) is 9.90 Å². The Morgan fingerprint density at radius 1 is 1.64 bits per heavy atom. The van der Waals surface area contributed by atoms with Gasteiger partial charge in [-0.15, -0.1) is 0 Å². The van der Waals surface area contributed by atoms with E-state index in [0.29, 0.717) is 13.0 Å². The van der Waals surface area contributed by atoms with Crippen LogP contribution in [0.15, 0.2) is 0 Å². The minimum absolute atomic E-state index is 0.189. The van der Waals surface area contributed by atoms with Gasteiger partial charge >= 0.3 is 5.97 Å². The SMILES string of the molecule is CCNC1(C(=O)O)CCNCC1CC. The summed E-state index contributed by atoms with van der Waals surface area (Å²) in [4.78, 5) is 11.3. The van der Waals surface area contributed by atoms with Gasteiger partial charge in [0.05, 0.1) is 0 Å². The van der Waals surface area contributed by atoms with E-state index in [1.54, 1.807) is 0 Å². The predicted molar refractivity (Wildman–Crippen MR) is 55.3 cm³/mol. The molecule has 4 nitrogen and oxygen atoms in total. The van der Waals surface area contributed by atoms with Crippen LogP contribution in [0.25, 0.3) is 0 Å². The highest BCUT2D eigenvalue weighted by molar-refractivity contribution is 5.79. The van der Waals surface area contributed by atoms with E-state index in [2.05, 4.69) is 10.6 Å². The standard InChI is InChI=1S/C10H20N2O2/c1-3-8-7-11-6-5-10(8,9(13)14)12-4-2/h8,11-12H,3-7H2,1-2H3,(H,13,14). The molecule has 0 aliphatic carbocycles. The lowest BCUT2D eigenvalue weighted by Gasteiger charge is -2.41. The Kier molecular flexibility index (Phi) is 3.89. The summed E-state index contributed by atoms with van der Waals surface area (Å²) in [5.74, 6) is -0.513. The molecule has 0 aromatic carbocycles. The fourth-order valence-electron chi connectivity index (χ4n) is 2.34. The van der Waals surface area contributed by atoms with Crippen LogP contribution in [-0.4, -0.2) is 36.2 Å². The normalized spacial score (nSPS) is 32.9. The van der Waals surface area contributed by atoms with Crippen molar-refractivity contribution in [2.75, 3.05) is 19.6 Å². The summed E-state index contributed by atoms with van der Waals surface area (Å²) in [5, 5.41) is 15.7. The number of nitrogens with one attached hydrogen (secondary N) is 2. The van der Waals surface area contributed by atoms with Gasteiger partial charge in [-0.2, -0.15) is 0 Å². The van der Waals surface area contributed by atoms with Gasteiger partial charge in [0.2, 0.25) is 0 Å². The van der Waals surface area contributed by atoms with Crippen molar-refractivity contribution >= 4 is 5.97 Å². The van der Waals surface area contributed by atoms with Crippen molar-refractivity contribution in [2.45, 2.75) is 32.2 Å². The molecule has 1 aliphatic rings. The van der Waals surface area contributed by atoms with Crippen molar-refractivity contribution in [3.8, 4) is 0 Å². The van der Waals surface area contributed by atoms with E-state index in [0.717, 1.165) is 19.5 Å². The monoisotopic (exact) mass is 200 g/mol. The highest BCUT2D eigenvalue weighted by Gasteiger charge is 2.45. The third-order valence-electron chi connectivity index (χ3n) is 3.15. The molecule has 0 bridgehead atoms. The Labute approximate surface area is 85.1 Å². The van der Waals surface area contributed by atoms with Crippen molar-refractivity contribution in [1.82, 2.24) is 10.6 Å². The van der Waals surface area contributed by atoms with E-state index in [1.165, 1.54) is 0 Å². The van der Waals surface area contributed by atoms with Gasteiger partial charge in [0.25, 0.3) is 0 Å². The quantitative estimate of drug-likeness (QED) is 0.616. The Balaban J connectivity index is 2.84. The van der Waals surface area contributed by atoms with Crippen LogP contribution in [0.3, 0.4) is 0 Å². The highest BCUT2D eigenvalue weighted by Crippen LogP contribution is 2.27. The number of hydrogen-bond acceptors (Lipinski definition) is 3. The van der Waals surface area contributed by atoms with Gasteiger partial charge in [-0.1, -0.05) is 13.8 Å². The van der Waals surface area contributed by atoms with E-state index in [4.69, 9.17) is 0 Å². The second-order valence-corrected chi connectivity index (χ2v) is 3.87. The number of rotatable bonds is 4. The minimum atomic E-state index is -0.701. The van der Waals surface area contributed by atoms with Crippen LogP contribution in [0.1, 0.15) is 26.7 Å². The number of carboxylic acid groups (broad SMARTS) is 1. The van der Waals surface area contributed by atoms with Crippen LogP contribution in [0.4, 0.5) is 0 Å². The summed E-state index contributed by atoms with van der Waals surface area (Å²) in [7, 11) is 0. The zero-order valence-electron chi connectivity index (χ0n) is 8.97. The van der Waals surface area contributed by atoms with E-state index in [-0.39, 0.29) is 5.92 Å². The topological polar surface area (TPSA) is 61.4 Å². The Hall–Kier alpha value is -0.610. The molecule has 14 heavy (non-hydrogen) atoms. The van der Waals surface area contributed by atoms with Crippen molar-refractivity contribution in [1.29, 1.82) is 0 Å². The second kappa shape index (κ2) is 4.75. The van der Waals surface area contributed by atoms with Crippen LogP contribution in [0.2, 0.25) is 0 Å². The number of carboxylic acids is 1. The molecule has 4 heteroatoms. The molecule has 0 radical (unpaired) electrons. The lowest BCUT2D eigenvalue weighted by molar-refractivity contribution is -0.149. The lowest BCUT2D eigenvalue weighted by Crippen LogP contribution is -2.63. The van der Waals surface area contributed by atoms with Gasteiger partial charge in [-0.05, 0) is 25.9 Å². The Bertz CT molecular complexity index is 204.